The number of hydrogen-bond donors (Lipinski definition) is 1. The summed E-state index contributed by atoms with van der Waals surface area (Å²) in [6.45, 7) is 0. The summed E-state index contributed by atoms with van der Waals surface area (Å²) in [5, 5.41) is 7.00. The lowest BCUT2D eigenvalue weighted by Gasteiger charge is -2.02. The maximum Gasteiger partial charge on any atom is 0.255 e. The highest BCUT2D eigenvalue weighted by atomic mass is 16.1. The van der Waals surface area contributed by atoms with Crippen molar-refractivity contribution < 1.29 is 4.79 Å². The Bertz CT molecular complexity index is 707. The molecule has 20 heavy (non-hydrogen) atoms. The molecule has 3 aromatic rings. The van der Waals surface area contributed by atoms with Crippen LogP contribution in [0.3, 0.4) is 0 Å². The van der Waals surface area contributed by atoms with Crippen LogP contribution < -0.4 is 5.32 Å². The van der Waals surface area contributed by atoms with Crippen LogP contribution in [0.5, 0.6) is 0 Å². The van der Waals surface area contributed by atoms with E-state index >= 15 is 0 Å². The minimum atomic E-state index is -0.156. The van der Waals surface area contributed by atoms with E-state index in [1.54, 1.807) is 41.6 Å². The van der Waals surface area contributed by atoms with Crippen molar-refractivity contribution >= 4 is 11.6 Å². The lowest BCUT2D eigenvalue weighted by Crippen LogP contribution is -2.10. The van der Waals surface area contributed by atoms with Crippen LogP contribution in [-0.2, 0) is 0 Å². The average Bonchev–Trinajstić information content (AvgIpc) is 2.97. The van der Waals surface area contributed by atoms with Gasteiger partial charge in [0, 0.05) is 11.8 Å². The molecule has 0 fully saturated rings. The lowest BCUT2D eigenvalue weighted by atomic mass is 10.2. The summed E-state index contributed by atoms with van der Waals surface area (Å²) in [4.78, 5) is 16.0. The van der Waals surface area contributed by atoms with E-state index in [-0.39, 0.29) is 5.91 Å². The zero-order valence-corrected chi connectivity index (χ0v) is 10.6. The molecule has 0 unspecified atom stereocenters. The summed E-state index contributed by atoms with van der Waals surface area (Å²) < 4.78 is 1.66. The van der Waals surface area contributed by atoms with Gasteiger partial charge >= 0.3 is 0 Å². The van der Waals surface area contributed by atoms with Gasteiger partial charge in [0.2, 0.25) is 0 Å². The second-order valence-electron chi connectivity index (χ2n) is 4.20. The highest BCUT2D eigenvalue weighted by Gasteiger charge is 2.07. The van der Waals surface area contributed by atoms with Crippen molar-refractivity contribution in [1.82, 2.24) is 14.8 Å². The molecule has 0 saturated carbocycles. The maximum absolute atomic E-state index is 12.0. The molecule has 3 rings (SSSR count). The SMILES string of the molecule is O=C(Nc1cnn(-c2cccnc2)c1)c1ccccc1. The van der Waals surface area contributed by atoms with Crippen molar-refractivity contribution in [2.45, 2.75) is 0 Å². The van der Waals surface area contributed by atoms with Crippen LogP contribution in [0.25, 0.3) is 5.69 Å². The number of pyridine rings is 1. The standard InChI is InChI=1S/C15H12N4O/c20-15(12-5-2-1-3-6-12)18-13-9-17-19(11-13)14-7-4-8-16-10-14/h1-11H,(H,18,20). The number of amides is 1. The largest absolute Gasteiger partial charge is 0.319 e. The Labute approximate surface area is 115 Å². The molecule has 0 saturated heterocycles. The molecule has 0 bridgehead atoms. The van der Waals surface area contributed by atoms with Crippen molar-refractivity contribution in [3.05, 3.63) is 72.8 Å². The van der Waals surface area contributed by atoms with Crippen LogP contribution in [0, 0.1) is 0 Å². The van der Waals surface area contributed by atoms with E-state index in [2.05, 4.69) is 15.4 Å². The third-order valence-electron chi connectivity index (χ3n) is 2.79. The number of carbonyl (C=O) groups excluding carboxylic acids is 1. The van der Waals surface area contributed by atoms with Gasteiger partial charge in [0.15, 0.2) is 0 Å². The average molecular weight is 264 g/mol. The Morgan fingerprint density at radius 2 is 1.90 bits per heavy atom. The molecule has 2 aromatic heterocycles. The van der Waals surface area contributed by atoms with E-state index in [1.165, 1.54) is 0 Å². The number of anilines is 1. The Kier molecular flexibility index (Phi) is 3.24. The number of nitrogens with one attached hydrogen (secondary N) is 1. The van der Waals surface area contributed by atoms with Crippen molar-refractivity contribution in [3.8, 4) is 5.69 Å². The molecule has 0 radical (unpaired) electrons. The quantitative estimate of drug-likeness (QED) is 0.790. The molecule has 0 aliphatic heterocycles. The van der Waals surface area contributed by atoms with Gasteiger partial charge in [0.05, 0.1) is 30.0 Å². The molecular formula is C15H12N4O. The first-order valence-corrected chi connectivity index (χ1v) is 6.14. The summed E-state index contributed by atoms with van der Waals surface area (Å²) in [7, 11) is 0. The summed E-state index contributed by atoms with van der Waals surface area (Å²) in [5.74, 6) is -0.156. The van der Waals surface area contributed by atoms with E-state index in [4.69, 9.17) is 0 Å². The first kappa shape index (κ1) is 12.1. The van der Waals surface area contributed by atoms with Gasteiger partial charge in [-0.1, -0.05) is 18.2 Å². The first-order valence-electron chi connectivity index (χ1n) is 6.14. The predicted octanol–water partition coefficient (Wildman–Crippen LogP) is 2.52. The van der Waals surface area contributed by atoms with Gasteiger partial charge in [-0.05, 0) is 24.3 Å². The molecule has 1 aromatic carbocycles. The molecule has 2 heterocycles. The predicted molar refractivity (Wildman–Crippen MR) is 75.8 cm³/mol. The minimum Gasteiger partial charge on any atom is -0.319 e. The number of hydrogen-bond acceptors (Lipinski definition) is 3. The second-order valence-corrected chi connectivity index (χ2v) is 4.20. The fourth-order valence-electron chi connectivity index (χ4n) is 1.81. The third-order valence-corrected chi connectivity index (χ3v) is 2.79. The molecular weight excluding hydrogens is 252 g/mol. The monoisotopic (exact) mass is 264 g/mol. The number of carbonyl (C=O) groups is 1. The van der Waals surface area contributed by atoms with Crippen molar-refractivity contribution in [3.63, 3.8) is 0 Å². The number of nitrogens with zero attached hydrogens (tertiary/aromatic N) is 3. The highest BCUT2D eigenvalue weighted by Crippen LogP contribution is 2.11. The normalized spacial score (nSPS) is 10.2. The Balaban J connectivity index is 1.77. The number of benzene rings is 1. The Morgan fingerprint density at radius 1 is 1.05 bits per heavy atom. The zero-order valence-electron chi connectivity index (χ0n) is 10.6. The van der Waals surface area contributed by atoms with Gasteiger partial charge in [-0.3, -0.25) is 9.78 Å². The highest BCUT2D eigenvalue weighted by molar-refractivity contribution is 6.04. The van der Waals surface area contributed by atoms with Crippen LogP contribution in [-0.4, -0.2) is 20.7 Å². The molecule has 0 aliphatic carbocycles. The minimum absolute atomic E-state index is 0.156. The molecule has 0 spiro atoms. The van der Waals surface area contributed by atoms with E-state index in [0.717, 1.165) is 5.69 Å². The van der Waals surface area contributed by atoms with E-state index in [0.29, 0.717) is 11.3 Å². The van der Waals surface area contributed by atoms with Gasteiger partial charge in [0.25, 0.3) is 5.91 Å². The number of aromatic nitrogens is 3. The lowest BCUT2D eigenvalue weighted by molar-refractivity contribution is 0.102. The zero-order chi connectivity index (χ0) is 13.8. The third kappa shape index (κ3) is 2.56. The van der Waals surface area contributed by atoms with Gasteiger partial charge < -0.3 is 5.32 Å². The fourth-order valence-corrected chi connectivity index (χ4v) is 1.81. The van der Waals surface area contributed by atoms with Gasteiger partial charge in [-0.2, -0.15) is 5.10 Å². The maximum atomic E-state index is 12.0. The van der Waals surface area contributed by atoms with Crippen LogP contribution in [0.2, 0.25) is 0 Å². The van der Waals surface area contributed by atoms with E-state index < -0.39 is 0 Å². The van der Waals surface area contributed by atoms with Crippen LogP contribution >= 0.6 is 0 Å². The molecule has 1 N–H and O–H groups in total. The van der Waals surface area contributed by atoms with Crippen LogP contribution in [0.1, 0.15) is 10.4 Å². The van der Waals surface area contributed by atoms with Crippen LogP contribution in [0.4, 0.5) is 5.69 Å². The van der Waals surface area contributed by atoms with Crippen molar-refractivity contribution in [2.24, 2.45) is 0 Å². The van der Waals surface area contributed by atoms with Gasteiger partial charge in [-0.25, -0.2) is 4.68 Å². The molecule has 0 atom stereocenters. The summed E-state index contributed by atoms with van der Waals surface area (Å²) in [5.41, 5.74) is 2.09. The molecule has 98 valence electrons. The van der Waals surface area contributed by atoms with Crippen molar-refractivity contribution in [2.75, 3.05) is 5.32 Å². The smallest absolute Gasteiger partial charge is 0.255 e. The van der Waals surface area contributed by atoms with E-state index in [1.807, 2.05) is 30.3 Å². The van der Waals surface area contributed by atoms with E-state index in [9.17, 15) is 4.79 Å². The summed E-state index contributed by atoms with van der Waals surface area (Å²) >= 11 is 0. The van der Waals surface area contributed by atoms with Gasteiger partial charge in [-0.15, -0.1) is 0 Å². The topological polar surface area (TPSA) is 59.8 Å². The summed E-state index contributed by atoms with van der Waals surface area (Å²) in [6.07, 6.45) is 6.76. The Hall–Kier alpha value is -2.95. The molecule has 5 heteroatoms. The molecule has 5 nitrogen and oxygen atoms in total. The van der Waals surface area contributed by atoms with Crippen molar-refractivity contribution in [1.29, 1.82) is 0 Å². The first-order chi connectivity index (χ1) is 9.83. The number of rotatable bonds is 3. The fraction of sp³-hybridized carbons (Fsp3) is 0. The Morgan fingerprint density at radius 3 is 2.65 bits per heavy atom. The molecule has 0 aliphatic rings. The second kappa shape index (κ2) is 5.36. The summed E-state index contributed by atoms with van der Waals surface area (Å²) in [6, 6.07) is 12.8. The van der Waals surface area contributed by atoms with Crippen LogP contribution in [0.15, 0.2) is 67.3 Å². The van der Waals surface area contributed by atoms with Gasteiger partial charge in [0.1, 0.15) is 0 Å². The molecule has 1 amide bonds.